The first-order valence-electron chi connectivity index (χ1n) is 13.6. The van der Waals surface area contributed by atoms with Crippen molar-refractivity contribution < 1.29 is 38.1 Å². The van der Waals surface area contributed by atoms with Crippen LogP contribution in [0.5, 0.6) is 0 Å². The summed E-state index contributed by atoms with van der Waals surface area (Å²) >= 11 is 0. The van der Waals surface area contributed by atoms with Gasteiger partial charge in [0.05, 0.1) is 32.5 Å². The Bertz CT molecular complexity index is 1200. The minimum Gasteiger partial charge on any atom is -0.465 e. The molecule has 0 radical (unpaired) electrons. The summed E-state index contributed by atoms with van der Waals surface area (Å²) in [4.78, 5) is 52.4. The first-order chi connectivity index (χ1) is 19.9. The molecule has 2 aromatic rings. The van der Waals surface area contributed by atoms with Gasteiger partial charge in [-0.05, 0) is 50.0 Å². The molecule has 1 aliphatic rings. The molecule has 0 unspecified atom stereocenters. The number of carbonyl (C=O) groups excluding carboxylic acids is 4. The Morgan fingerprint density at radius 3 is 1.66 bits per heavy atom. The zero-order valence-electron chi connectivity index (χ0n) is 23.7. The minimum absolute atomic E-state index is 0.0389. The van der Waals surface area contributed by atoms with E-state index < -0.39 is 42.0 Å². The van der Waals surface area contributed by atoms with Crippen LogP contribution in [0.3, 0.4) is 0 Å². The summed E-state index contributed by atoms with van der Waals surface area (Å²) < 4.78 is 21.0. The zero-order chi connectivity index (χ0) is 29.8. The highest BCUT2D eigenvalue weighted by Crippen LogP contribution is 2.42. The number of rotatable bonds is 10. The summed E-state index contributed by atoms with van der Waals surface area (Å²) in [6.07, 6.45) is 1.58. The molecule has 0 aromatic heterocycles. The Balaban J connectivity index is 2.35. The van der Waals surface area contributed by atoms with E-state index in [1.807, 2.05) is 60.7 Å². The maximum absolute atomic E-state index is 13.3. The zero-order valence-corrected chi connectivity index (χ0v) is 23.7. The van der Waals surface area contributed by atoms with Crippen molar-refractivity contribution in [3.8, 4) is 0 Å². The van der Waals surface area contributed by atoms with Crippen LogP contribution >= 0.6 is 0 Å². The van der Waals surface area contributed by atoms with E-state index in [0.29, 0.717) is 11.1 Å². The highest BCUT2D eigenvalue weighted by atomic mass is 16.6. The maximum atomic E-state index is 13.3. The smallest absolute Gasteiger partial charge is 0.429 e. The van der Waals surface area contributed by atoms with E-state index in [9.17, 15) is 19.2 Å². The third-order valence-electron chi connectivity index (χ3n) is 6.26. The number of benzene rings is 2. The molecule has 0 fully saturated rings. The number of ether oxygens (including phenoxy) is 4. The molecule has 41 heavy (non-hydrogen) atoms. The molecule has 0 bridgehead atoms. The molecular formula is C31H36N2O8. The first-order valence-corrected chi connectivity index (χ1v) is 13.6. The van der Waals surface area contributed by atoms with Crippen molar-refractivity contribution in [2.75, 3.05) is 26.4 Å². The molecule has 1 N–H and O–H groups in total. The second-order valence-electron chi connectivity index (χ2n) is 8.80. The molecule has 0 heterocycles. The topological polar surface area (TPSA) is 120 Å². The van der Waals surface area contributed by atoms with Crippen LogP contribution in [0.15, 0.2) is 78.4 Å². The number of esters is 2. The monoisotopic (exact) mass is 564 g/mol. The number of nitrogens with zero attached hydrogens (tertiary/aromatic N) is 1. The van der Waals surface area contributed by atoms with Crippen molar-refractivity contribution in [2.45, 2.75) is 33.7 Å². The van der Waals surface area contributed by atoms with Crippen molar-refractivity contribution in [2.24, 2.45) is 11.8 Å². The fraction of sp³-hybridized carbons (Fsp3) is 0.355. The summed E-state index contributed by atoms with van der Waals surface area (Å²) in [6.45, 7) is 6.79. The quantitative estimate of drug-likeness (QED) is 0.142. The molecule has 0 aliphatic heterocycles. The van der Waals surface area contributed by atoms with E-state index in [-0.39, 0.29) is 26.4 Å². The number of hydrazine groups is 1. The van der Waals surface area contributed by atoms with E-state index in [1.165, 1.54) is 0 Å². The molecule has 2 atom stereocenters. The second-order valence-corrected chi connectivity index (χ2v) is 8.80. The Labute approximate surface area is 239 Å². The van der Waals surface area contributed by atoms with Crippen LogP contribution in [0, 0.1) is 11.8 Å². The Hall–Kier alpha value is -4.60. The van der Waals surface area contributed by atoms with Crippen molar-refractivity contribution >= 4 is 29.7 Å². The van der Waals surface area contributed by atoms with Crippen molar-refractivity contribution in [1.29, 1.82) is 0 Å². The van der Waals surface area contributed by atoms with Crippen molar-refractivity contribution in [1.82, 2.24) is 10.4 Å². The number of hydrogen-bond donors (Lipinski definition) is 1. The van der Waals surface area contributed by atoms with Crippen LogP contribution in [-0.2, 0) is 28.5 Å². The molecule has 0 saturated heterocycles. The average Bonchev–Trinajstić information content (AvgIpc) is 3.37. The van der Waals surface area contributed by atoms with Crippen LogP contribution in [0.1, 0.15) is 38.8 Å². The molecule has 1 aliphatic carbocycles. The van der Waals surface area contributed by atoms with Gasteiger partial charge in [-0.1, -0.05) is 72.8 Å². The first kappa shape index (κ1) is 30.9. The predicted molar refractivity (Wildman–Crippen MR) is 151 cm³/mol. The highest BCUT2D eigenvalue weighted by molar-refractivity contribution is 5.97. The van der Waals surface area contributed by atoms with Gasteiger partial charge in [0.25, 0.3) is 0 Å². The highest BCUT2D eigenvalue weighted by Gasteiger charge is 2.46. The molecule has 2 amide bonds. The number of allylic oxidation sites excluding steroid dienone is 1. The van der Waals surface area contributed by atoms with E-state index >= 15 is 0 Å². The van der Waals surface area contributed by atoms with Crippen LogP contribution in [0.4, 0.5) is 9.59 Å². The lowest BCUT2D eigenvalue weighted by molar-refractivity contribution is -0.162. The molecule has 0 saturated carbocycles. The molecular weight excluding hydrogens is 528 g/mol. The van der Waals surface area contributed by atoms with Crippen LogP contribution in [0.2, 0.25) is 0 Å². The normalized spacial score (nSPS) is 15.7. The van der Waals surface area contributed by atoms with Gasteiger partial charge in [0.15, 0.2) is 5.92 Å². The fourth-order valence-corrected chi connectivity index (χ4v) is 4.71. The fourth-order valence-electron chi connectivity index (χ4n) is 4.71. The molecule has 218 valence electrons. The van der Waals surface area contributed by atoms with Gasteiger partial charge in [-0.2, -0.15) is 0 Å². The molecule has 3 rings (SSSR count). The summed E-state index contributed by atoms with van der Waals surface area (Å²) in [5, 5.41) is 1.01. The lowest BCUT2D eigenvalue weighted by atomic mass is 9.80. The van der Waals surface area contributed by atoms with Crippen molar-refractivity contribution in [3.63, 3.8) is 0 Å². The van der Waals surface area contributed by atoms with Gasteiger partial charge in [0.2, 0.25) is 0 Å². The molecule has 10 nitrogen and oxygen atoms in total. The summed E-state index contributed by atoms with van der Waals surface area (Å²) in [5.41, 5.74) is 5.15. The number of hydrogen-bond acceptors (Lipinski definition) is 8. The maximum Gasteiger partial charge on any atom is 0.429 e. The lowest BCUT2D eigenvalue weighted by Gasteiger charge is -2.32. The van der Waals surface area contributed by atoms with Crippen LogP contribution < -0.4 is 5.43 Å². The average molecular weight is 565 g/mol. The van der Waals surface area contributed by atoms with Gasteiger partial charge in [0, 0.05) is 5.92 Å². The molecule has 0 spiro atoms. The third-order valence-corrected chi connectivity index (χ3v) is 6.26. The lowest BCUT2D eigenvalue weighted by Crippen LogP contribution is -2.52. The summed E-state index contributed by atoms with van der Waals surface area (Å²) in [5.74, 6) is -3.80. The summed E-state index contributed by atoms with van der Waals surface area (Å²) in [6, 6.07) is 17.8. The number of amides is 2. The Morgan fingerprint density at radius 1 is 0.707 bits per heavy atom. The van der Waals surface area contributed by atoms with Gasteiger partial charge < -0.3 is 18.9 Å². The Morgan fingerprint density at radius 2 is 1.20 bits per heavy atom. The predicted octanol–water partition coefficient (Wildman–Crippen LogP) is 4.91. The largest absolute Gasteiger partial charge is 0.465 e. The number of carbonyl (C=O) groups is 4. The SMILES string of the molecule is CCOC(=O)NN(C(=O)OCC)[C@H]1C=C[C@@H](C(C(=O)OCC)C(=O)OCC)C1=C(c1ccccc1)c1ccccc1. The standard InChI is InChI=1S/C31H36N2O8/c1-5-38-28(34)27(29(35)39-6-2)23-19-20-24(33(31(37)41-8-4)32-30(36)40-7-3)26(23)25(21-15-11-9-12-16-21)22-17-13-10-14-18-22/h9-20,23-24,27H,5-8H2,1-4H3,(H,32,36)/t23-,24+/m1/s1. The van der Waals surface area contributed by atoms with Gasteiger partial charge in [-0.15, -0.1) is 0 Å². The second kappa shape index (κ2) is 15.3. The van der Waals surface area contributed by atoms with Gasteiger partial charge in [0.1, 0.15) is 0 Å². The number of nitrogens with one attached hydrogen (secondary N) is 1. The van der Waals surface area contributed by atoms with Crippen LogP contribution in [0.25, 0.3) is 5.57 Å². The van der Waals surface area contributed by atoms with E-state index in [2.05, 4.69) is 5.43 Å². The van der Waals surface area contributed by atoms with E-state index in [1.54, 1.807) is 39.8 Å². The van der Waals surface area contributed by atoms with E-state index in [0.717, 1.165) is 16.1 Å². The summed E-state index contributed by atoms with van der Waals surface area (Å²) in [7, 11) is 0. The van der Waals surface area contributed by atoms with Crippen LogP contribution in [-0.4, -0.2) is 61.6 Å². The minimum atomic E-state index is -1.37. The van der Waals surface area contributed by atoms with Crippen molar-refractivity contribution in [3.05, 3.63) is 89.5 Å². The Kier molecular flexibility index (Phi) is 11.5. The van der Waals surface area contributed by atoms with Gasteiger partial charge >= 0.3 is 24.1 Å². The van der Waals surface area contributed by atoms with E-state index in [4.69, 9.17) is 18.9 Å². The third kappa shape index (κ3) is 7.53. The van der Waals surface area contributed by atoms with Gasteiger partial charge in [-0.3, -0.25) is 9.59 Å². The van der Waals surface area contributed by atoms with Gasteiger partial charge in [-0.25, -0.2) is 20.0 Å². The molecule has 2 aromatic carbocycles. The molecule has 10 heteroatoms.